The lowest BCUT2D eigenvalue weighted by Crippen LogP contribution is -2.54. The molecule has 3 aromatic rings. The first-order valence-electron chi connectivity index (χ1n) is 11.9. The Bertz CT molecular complexity index is 1540. The summed E-state index contributed by atoms with van der Waals surface area (Å²) in [6, 6.07) is 13.8. The average Bonchev–Trinajstić information content (AvgIpc) is 2.89. The van der Waals surface area contributed by atoms with E-state index < -0.39 is 17.8 Å². The molecule has 4 rings (SSSR count). The largest absolute Gasteiger partial charge is 0.490 e. The minimum Gasteiger partial charge on any atom is -0.490 e. The van der Waals surface area contributed by atoms with Crippen LogP contribution >= 0.6 is 39.1 Å². The van der Waals surface area contributed by atoms with Gasteiger partial charge < -0.3 is 14.8 Å². The van der Waals surface area contributed by atoms with Gasteiger partial charge in [0.2, 0.25) is 0 Å². The van der Waals surface area contributed by atoms with Crippen LogP contribution in [0.3, 0.4) is 0 Å². The number of halogens is 3. The molecule has 1 heterocycles. The predicted octanol–water partition coefficient (Wildman–Crippen LogP) is 6.15. The molecule has 0 aromatic heterocycles. The predicted molar refractivity (Wildman–Crippen MR) is 156 cm³/mol. The zero-order chi connectivity index (χ0) is 29.0. The van der Waals surface area contributed by atoms with Gasteiger partial charge in [0.25, 0.3) is 17.7 Å². The Morgan fingerprint density at radius 1 is 1.02 bits per heavy atom. The number of nitrogens with one attached hydrogen (secondary N) is 2. The number of rotatable bonds is 8. The summed E-state index contributed by atoms with van der Waals surface area (Å²) in [5.74, 6) is -1.56. The summed E-state index contributed by atoms with van der Waals surface area (Å²) in [6.45, 7) is 3.70. The van der Waals surface area contributed by atoms with Crippen molar-refractivity contribution in [3.63, 3.8) is 0 Å². The van der Waals surface area contributed by atoms with E-state index >= 15 is 0 Å². The monoisotopic (exact) mass is 645 g/mol. The highest BCUT2D eigenvalue weighted by Crippen LogP contribution is 2.38. The van der Waals surface area contributed by atoms with Crippen molar-refractivity contribution in [1.29, 1.82) is 0 Å². The lowest BCUT2D eigenvalue weighted by molar-refractivity contribution is -0.122. The molecule has 1 saturated heterocycles. The van der Waals surface area contributed by atoms with Gasteiger partial charge in [0.05, 0.1) is 26.8 Å². The number of hydrogen-bond acceptors (Lipinski definition) is 6. The van der Waals surface area contributed by atoms with Crippen LogP contribution in [-0.2, 0) is 14.4 Å². The van der Waals surface area contributed by atoms with Crippen LogP contribution in [0.1, 0.15) is 18.1 Å². The molecule has 0 aliphatic carbocycles. The summed E-state index contributed by atoms with van der Waals surface area (Å²) in [4.78, 5) is 51.6. The molecule has 1 fully saturated rings. The van der Waals surface area contributed by atoms with E-state index in [0.29, 0.717) is 15.7 Å². The van der Waals surface area contributed by atoms with Crippen molar-refractivity contribution in [1.82, 2.24) is 5.32 Å². The van der Waals surface area contributed by atoms with Crippen LogP contribution in [0.15, 0.2) is 64.6 Å². The maximum atomic E-state index is 13.2. The second kappa shape index (κ2) is 12.5. The van der Waals surface area contributed by atoms with E-state index in [1.54, 1.807) is 31.2 Å². The zero-order valence-corrected chi connectivity index (χ0v) is 24.3. The highest BCUT2D eigenvalue weighted by atomic mass is 79.9. The molecule has 0 bridgehead atoms. The van der Waals surface area contributed by atoms with E-state index in [4.69, 9.17) is 32.7 Å². The summed E-state index contributed by atoms with van der Waals surface area (Å²) < 4.78 is 11.9. The summed E-state index contributed by atoms with van der Waals surface area (Å²) in [6.07, 6.45) is 1.32. The topological polar surface area (TPSA) is 114 Å². The van der Waals surface area contributed by atoms with Crippen molar-refractivity contribution in [2.24, 2.45) is 0 Å². The number of anilines is 2. The Morgan fingerprint density at radius 2 is 1.75 bits per heavy atom. The van der Waals surface area contributed by atoms with E-state index in [-0.39, 0.29) is 51.9 Å². The van der Waals surface area contributed by atoms with Gasteiger partial charge in [-0.25, -0.2) is 9.69 Å². The van der Waals surface area contributed by atoms with Crippen molar-refractivity contribution >= 4 is 80.3 Å². The zero-order valence-electron chi connectivity index (χ0n) is 21.2. The van der Waals surface area contributed by atoms with E-state index in [0.717, 1.165) is 10.5 Å². The first kappa shape index (κ1) is 29.1. The number of urea groups is 1. The van der Waals surface area contributed by atoms with Gasteiger partial charge in [-0.1, -0.05) is 40.9 Å². The molecule has 0 atom stereocenters. The van der Waals surface area contributed by atoms with Crippen LogP contribution in [0.2, 0.25) is 10.0 Å². The SMILES string of the molecule is CCOc1cc(/C=C2\C(=O)NC(=O)N(c3ccc(Cl)c(Cl)c3)C2=O)cc(Br)c1OCC(=O)Nc1ccc(C)cc1. The third-order valence-corrected chi connectivity index (χ3v) is 6.92. The van der Waals surface area contributed by atoms with Gasteiger partial charge in [-0.3, -0.25) is 19.7 Å². The molecule has 3 aromatic carbocycles. The lowest BCUT2D eigenvalue weighted by Gasteiger charge is -2.26. The maximum Gasteiger partial charge on any atom is 0.335 e. The number of carbonyl (C=O) groups is 4. The number of carbonyl (C=O) groups excluding carboxylic acids is 4. The molecule has 0 unspecified atom stereocenters. The average molecular weight is 647 g/mol. The van der Waals surface area contributed by atoms with Gasteiger partial charge in [-0.05, 0) is 83.9 Å². The molecule has 40 heavy (non-hydrogen) atoms. The second-order valence-corrected chi connectivity index (χ2v) is 10.2. The van der Waals surface area contributed by atoms with E-state index in [9.17, 15) is 19.2 Å². The number of ether oxygens (including phenoxy) is 2. The molecular weight excluding hydrogens is 625 g/mol. The highest BCUT2D eigenvalue weighted by molar-refractivity contribution is 9.10. The normalized spacial score (nSPS) is 14.3. The van der Waals surface area contributed by atoms with E-state index in [1.807, 2.05) is 19.1 Å². The number of aryl methyl sites for hydroxylation is 1. The maximum absolute atomic E-state index is 13.2. The summed E-state index contributed by atoms with van der Waals surface area (Å²) in [5, 5.41) is 5.28. The minimum atomic E-state index is -0.922. The summed E-state index contributed by atoms with van der Waals surface area (Å²) in [7, 11) is 0. The fourth-order valence-corrected chi connectivity index (χ4v) is 4.60. The van der Waals surface area contributed by atoms with Crippen molar-refractivity contribution in [2.75, 3.05) is 23.4 Å². The number of barbiturate groups is 1. The molecule has 0 saturated carbocycles. The van der Waals surface area contributed by atoms with Gasteiger partial charge in [0.1, 0.15) is 5.57 Å². The van der Waals surface area contributed by atoms with E-state index in [2.05, 4.69) is 26.6 Å². The minimum absolute atomic E-state index is 0.135. The van der Waals surface area contributed by atoms with Crippen LogP contribution in [-0.4, -0.2) is 37.0 Å². The number of nitrogens with zero attached hydrogens (tertiary/aromatic N) is 1. The second-order valence-electron chi connectivity index (χ2n) is 8.52. The van der Waals surface area contributed by atoms with Gasteiger partial charge in [-0.15, -0.1) is 0 Å². The number of amides is 5. The molecule has 9 nitrogen and oxygen atoms in total. The van der Waals surface area contributed by atoms with Gasteiger partial charge in [-0.2, -0.15) is 0 Å². The standard InChI is InChI=1S/C28H22BrCl2N3O6/c1-3-39-23-12-16(11-20(29)25(23)40-14-24(35)32-17-6-4-15(2)5-7-17)10-19-26(36)33-28(38)34(27(19)37)18-8-9-21(30)22(31)13-18/h4-13H,3,14H2,1-2H3,(H,32,35)(H,33,36,38)/b19-10+. The first-order valence-corrected chi connectivity index (χ1v) is 13.4. The quantitative estimate of drug-likeness (QED) is 0.224. The Kier molecular flexibility index (Phi) is 9.14. The van der Waals surface area contributed by atoms with Gasteiger partial charge in [0, 0.05) is 5.69 Å². The number of benzene rings is 3. The Morgan fingerprint density at radius 3 is 2.42 bits per heavy atom. The number of imide groups is 2. The highest BCUT2D eigenvalue weighted by Gasteiger charge is 2.37. The van der Waals surface area contributed by atoms with Gasteiger partial charge >= 0.3 is 6.03 Å². The molecule has 2 N–H and O–H groups in total. The Labute approximate surface area is 248 Å². The molecule has 0 spiro atoms. The van der Waals surface area contributed by atoms with Crippen LogP contribution in [0.5, 0.6) is 11.5 Å². The third kappa shape index (κ3) is 6.64. The number of hydrogen-bond donors (Lipinski definition) is 2. The smallest absolute Gasteiger partial charge is 0.335 e. The summed E-state index contributed by atoms with van der Waals surface area (Å²) in [5.41, 5.74) is 1.93. The summed E-state index contributed by atoms with van der Waals surface area (Å²) >= 11 is 15.4. The van der Waals surface area contributed by atoms with Gasteiger partial charge in [0.15, 0.2) is 18.1 Å². The van der Waals surface area contributed by atoms with Crippen LogP contribution in [0, 0.1) is 6.92 Å². The van der Waals surface area contributed by atoms with Crippen molar-refractivity contribution in [3.8, 4) is 11.5 Å². The van der Waals surface area contributed by atoms with E-state index in [1.165, 1.54) is 24.3 Å². The van der Waals surface area contributed by atoms with Crippen LogP contribution in [0.25, 0.3) is 6.08 Å². The fourth-order valence-electron chi connectivity index (χ4n) is 3.73. The molecule has 1 aliphatic rings. The molecule has 0 radical (unpaired) electrons. The Hall–Kier alpha value is -3.86. The molecule has 1 aliphatic heterocycles. The van der Waals surface area contributed by atoms with Crippen LogP contribution in [0.4, 0.5) is 16.2 Å². The molecular formula is C28H22BrCl2N3O6. The fraction of sp³-hybridized carbons (Fsp3) is 0.143. The third-order valence-electron chi connectivity index (χ3n) is 5.59. The first-order chi connectivity index (χ1) is 19.1. The molecule has 5 amide bonds. The van der Waals surface area contributed by atoms with Crippen molar-refractivity contribution in [2.45, 2.75) is 13.8 Å². The van der Waals surface area contributed by atoms with Crippen molar-refractivity contribution in [3.05, 3.63) is 85.8 Å². The van der Waals surface area contributed by atoms with Crippen molar-refractivity contribution < 1.29 is 28.7 Å². The lowest BCUT2D eigenvalue weighted by atomic mass is 10.1. The molecule has 206 valence electrons. The van der Waals surface area contributed by atoms with Crippen LogP contribution < -0.4 is 25.0 Å². The Balaban J connectivity index is 1.58. The molecule has 12 heteroatoms.